The summed E-state index contributed by atoms with van der Waals surface area (Å²) in [6.07, 6.45) is 0. The van der Waals surface area contributed by atoms with Crippen LogP contribution in [0.25, 0.3) is 0 Å². The molecule has 122 valence electrons. The van der Waals surface area contributed by atoms with Crippen LogP contribution in [0.15, 0.2) is 19.8 Å². The highest BCUT2D eigenvalue weighted by atomic mass is 32.2. The van der Waals surface area contributed by atoms with Crippen molar-refractivity contribution in [1.29, 1.82) is 0 Å². The Morgan fingerprint density at radius 2 is 0.762 bits per heavy atom. The van der Waals surface area contributed by atoms with Gasteiger partial charge in [-0.3, -0.25) is 18.2 Å². The van der Waals surface area contributed by atoms with Crippen molar-refractivity contribution in [2.45, 2.75) is 19.8 Å². The van der Waals surface area contributed by atoms with Crippen LogP contribution < -0.4 is 0 Å². The minimum atomic E-state index is -5.75. The Hall–Kier alpha value is -1.08. The number of aromatic amines is 1. The zero-order chi connectivity index (χ0) is 17.0. The number of hydrogen-bond donors (Lipinski definition) is 5. The topological polar surface area (TPSA) is 233 Å². The Balaban J connectivity index is 4.34. The van der Waals surface area contributed by atoms with E-state index in [1.165, 1.54) is 0 Å². The molecule has 0 saturated heterocycles. The third kappa shape index (κ3) is 3.58. The SMILES string of the molecule is O=S(=O)(O)c1[nH]c(S(=O)(=O)O)c(S(=O)(=O)O)c1S(=O)(=O)O. The molecule has 21 heavy (non-hydrogen) atoms. The number of hydrogen-bond acceptors (Lipinski definition) is 8. The van der Waals surface area contributed by atoms with Crippen LogP contribution in [0.2, 0.25) is 0 Å². The van der Waals surface area contributed by atoms with Crippen molar-refractivity contribution in [2.24, 2.45) is 0 Å². The fourth-order valence-electron chi connectivity index (χ4n) is 1.25. The summed E-state index contributed by atoms with van der Waals surface area (Å²) in [5.41, 5.74) is 0. The molecule has 0 atom stereocenters. The molecule has 0 fully saturated rings. The van der Waals surface area contributed by atoms with E-state index in [9.17, 15) is 33.7 Å². The summed E-state index contributed by atoms with van der Waals surface area (Å²) in [6.45, 7) is 0. The first-order valence-electron chi connectivity index (χ1n) is 4.13. The van der Waals surface area contributed by atoms with E-state index in [4.69, 9.17) is 18.2 Å². The normalized spacial score (nSPS) is 14.3. The molecule has 0 spiro atoms. The highest BCUT2D eigenvalue weighted by molar-refractivity contribution is 7.91. The predicted molar refractivity (Wildman–Crippen MR) is 60.1 cm³/mol. The molecule has 5 N–H and O–H groups in total. The van der Waals surface area contributed by atoms with Gasteiger partial charge in [0.25, 0.3) is 20.2 Å². The molecule has 0 radical (unpaired) electrons. The van der Waals surface area contributed by atoms with Gasteiger partial charge in [-0.05, 0) is 0 Å². The summed E-state index contributed by atoms with van der Waals surface area (Å²) >= 11 is 0. The summed E-state index contributed by atoms with van der Waals surface area (Å²) < 4.78 is 123. The molecular formula is C4H5NO12S4. The van der Waals surface area contributed by atoms with Gasteiger partial charge in [-0.15, -0.1) is 0 Å². The minimum absolute atomic E-state index is 1.09. The van der Waals surface area contributed by atoms with Crippen molar-refractivity contribution in [3.05, 3.63) is 0 Å². The lowest BCUT2D eigenvalue weighted by Crippen LogP contribution is -2.12. The van der Waals surface area contributed by atoms with Crippen LogP contribution >= 0.6 is 0 Å². The largest absolute Gasteiger partial charge is 0.330 e. The Bertz CT molecular complexity index is 921. The van der Waals surface area contributed by atoms with Gasteiger partial charge in [-0.25, -0.2) is 0 Å². The summed E-state index contributed by atoms with van der Waals surface area (Å²) in [4.78, 5) is -3.24. The lowest BCUT2D eigenvalue weighted by Gasteiger charge is -2.01. The predicted octanol–water partition coefficient (Wildman–Crippen LogP) is -2.00. The summed E-state index contributed by atoms with van der Waals surface area (Å²) in [5.74, 6) is 0. The molecule has 1 aromatic rings. The van der Waals surface area contributed by atoms with E-state index in [1.54, 1.807) is 0 Å². The molecule has 1 aromatic heterocycles. The molecule has 1 rings (SSSR count). The van der Waals surface area contributed by atoms with E-state index >= 15 is 0 Å². The highest BCUT2D eigenvalue weighted by Gasteiger charge is 2.41. The van der Waals surface area contributed by atoms with Gasteiger partial charge < -0.3 is 4.98 Å². The zero-order valence-corrected chi connectivity index (χ0v) is 12.5. The average Bonchev–Trinajstić information content (AvgIpc) is 2.52. The lowest BCUT2D eigenvalue weighted by atomic mass is 10.6. The molecule has 0 bridgehead atoms. The van der Waals surface area contributed by atoms with Gasteiger partial charge in [0.15, 0.2) is 19.8 Å². The van der Waals surface area contributed by atoms with E-state index in [1.807, 2.05) is 0 Å². The molecule has 0 aliphatic rings. The first kappa shape index (κ1) is 18.0. The van der Waals surface area contributed by atoms with Crippen LogP contribution in [0.4, 0.5) is 0 Å². The molecule has 0 unspecified atom stereocenters. The van der Waals surface area contributed by atoms with Crippen LogP contribution in [0, 0.1) is 0 Å². The average molecular weight is 387 g/mol. The van der Waals surface area contributed by atoms with Crippen LogP contribution in [0.5, 0.6) is 0 Å². The standard InChI is InChI=1S/C4H5NO12S4/c6-18(7,8)1-2(19(9,10)11)4(21(15,16)17)5-3(1)20(12,13)14/h5H,(H,6,7,8)(H,9,10,11)(H,12,13,14)(H,15,16,17). The van der Waals surface area contributed by atoms with Crippen molar-refractivity contribution >= 4 is 40.5 Å². The third-order valence-electron chi connectivity index (χ3n) is 1.88. The van der Waals surface area contributed by atoms with Crippen molar-refractivity contribution in [2.75, 3.05) is 0 Å². The molecule has 0 aliphatic heterocycles. The molecule has 17 heteroatoms. The van der Waals surface area contributed by atoms with Crippen LogP contribution in [-0.4, -0.2) is 56.9 Å². The summed E-state index contributed by atoms with van der Waals surface area (Å²) in [7, 11) is -22.7. The third-order valence-corrected chi connectivity index (χ3v) is 5.76. The second-order valence-electron chi connectivity index (χ2n) is 3.34. The first-order chi connectivity index (χ1) is 8.97. The van der Waals surface area contributed by atoms with Gasteiger partial charge in [-0.1, -0.05) is 0 Å². The van der Waals surface area contributed by atoms with Crippen LogP contribution in [0.3, 0.4) is 0 Å². The van der Waals surface area contributed by atoms with E-state index in [0.717, 1.165) is 4.98 Å². The maximum atomic E-state index is 11.0. The highest BCUT2D eigenvalue weighted by Crippen LogP contribution is 2.33. The Morgan fingerprint density at radius 1 is 0.524 bits per heavy atom. The van der Waals surface area contributed by atoms with Crippen molar-refractivity contribution in [3.8, 4) is 0 Å². The lowest BCUT2D eigenvalue weighted by molar-refractivity contribution is 0.454. The molecular weight excluding hydrogens is 382 g/mol. The maximum absolute atomic E-state index is 11.0. The molecule has 0 aromatic carbocycles. The van der Waals surface area contributed by atoms with Gasteiger partial charge in [-0.2, -0.15) is 33.7 Å². The van der Waals surface area contributed by atoms with Crippen LogP contribution in [-0.2, 0) is 40.5 Å². The first-order valence-corrected chi connectivity index (χ1v) is 9.89. The number of H-pyrrole nitrogens is 1. The maximum Gasteiger partial charge on any atom is 0.311 e. The smallest absolute Gasteiger partial charge is 0.311 e. The fourth-order valence-corrected chi connectivity index (χ4v) is 5.72. The van der Waals surface area contributed by atoms with E-state index in [2.05, 4.69) is 0 Å². The number of aromatic nitrogens is 1. The molecule has 1 heterocycles. The van der Waals surface area contributed by atoms with E-state index in [-0.39, 0.29) is 0 Å². The molecule has 0 amide bonds. The van der Waals surface area contributed by atoms with Crippen molar-refractivity contribution in [3.63, 3.8) is 0 Å². The van der Waals surface area contributed by atoms with Crippen molar-refractivity contribution in [1.82, 2.24) is 4.98 Å². The quantitative estimate of drug-likeness (QED) is 0.353. The minimum Gasteiger partial charge on any atom is -0.330 e. The second kappa shape index (κ2) is 4.71. The zero-order valence-electron chi connectivity index (χ0n) is 9.19. The van der Waals surface area contributed by atoms with Gasteiger partial charge >= 0.3 is 20.2 Å². The van der Waals surface area contributed by atoms with Gasteiger partial charge in [0, 0.05) is 0 Å². The van der Waals surface area contributed by atoms with Gasteiger partial charge in [0.05, 0.1) is 0 Å². The van der Waals surface area contributed by atoms with Gasteiger partial charge in [0.2, 0.25) is 0 Å². The molecule has 0 saturated carbocycles. The second-order valence-corrected chi connectivity index (χ2v) is 8.78. The van der Waals surface area contributed by atoms with E-state index < -0.39 is 60.3 Å². The van der Waals surface area contributed by atoms with Gasteiger partial charge in [0.1, 0.15) is 0 Å². The Kier molecular flexibility index (Phi) is 4.03. The Morgan fingerprint density at radius 3 is 0.905 bits per heavy atom. The van der Waals surface area contributed by atoms with E-state index in [0.29, 0.717) is 0 Å². The fraction of sp³-hybridized carbons (Fsp3) is 0. The Labute approximate surface area is 117 Å². The molecule has 13 nitrogen and oxygen atoms in total. The molecule has 0 aliphatic carbocycles. The summed E-state index contributed by atoms with van der Waals surface area (Å²) in [5, 5.41) is -3.96. The number of nitrogens with one attached hydrogen (secondary N) is 1. The van der Waals surface area contributed by atoms with Crippen LogP contribution in [0.1, 0.15) is 0 Å². The summed E-state index contributed by atoms with van der Waals surface area (Å²) in [6, 6.07) is 0. The van der Waals surface area contributed by atoms with Crippen molar-refractivity contribution < 1.29 is 51.9 Å². The number of rotatable bonds is 4. The monoisotopic (exact) mass is 387 g/mol.